The SMILES string of the molecule is CC.CC.CC.CC(C)(C)OC(=O)N1CCC(c2cc(N)cc(C(F)(F)F)c2)CC1. The third-order valence-corrected chi connectivity index (χ3v) is 3.92. The first-order valence-electron chi connectivity index (χ1n) is 10.9. The fourth-order valence-corrected chi connectivity index (χ4v) is 2.80. The number of nitrogen functional groups attached to an aromatic ring is 1. The molecule has 0 spiro atoms. The highest BCUT2D eigenvalue weighted by molar-refractivity contribution is 5.68. The van der Waals surface area contributed by atoms with Crippen molar-refractivity contribution in [2.45, 2.75) is 92.9 Å². The maximum absolute atomic E-state index is 12.9. The Morgan fingerprint density at radius 1 is 0.967 bits per heavy atom. The molecule has 0 unspecified atom stereocenters. The van der Waals surface area contributed by atoms with E-state index in [1.54, 1.807) is 31.7 Å². The van der Waals surface area contributed by atoms with Gasteiger partial charge in [-0.25, -0.2) is 4.79 Å². The van der Waals surface area contributed by atoms with E-state index in [4.69, 9.17) is 10.5 Å². The minimum Gasteiger partial charge on any atom is -0.444 e. The van der Waals surface area contributed by atoms with Gasteiger partial charge in [0, 0.05) is 18.8 Å². The molecule has 1 aliphatic heterocycles. The monoisotopic (exact) mass is 434 g/mol. The number of nitrogens with two attached hydrogens (primary N) is 1. The third kappa shape index (κ3) is 10.7. The van der Waals surface area contributed by atoms with E-state index >= 15 is 0 Å². The number of piperidine rings is 1. The highest BCUT2D eigenvalue weighted by atomic mass is 19.4. The molecule has 1 saturated heterocycles. The number of hydrogen-bond acceptors (Lipinski definition) is 3. The summed E-state index contributed by atoms with van der Waals surface area (Å²) in [6, 6.07) is 3.69. The molecule has 1 amide bonds. The predicted molar refractivity (Wildman–Crippen MR) is 120 cm³/mol. The van der Waals surface area contributed by atoms with Gasteiger partial charge < -0.3 is 15.4 Å². The van der Waals surface area contributed by atoms with Crippen molar-refractivity contribution < 1.29 is 22.7 Å². The van der Waals surface area contributed by atoms with E-state index in [9.17, 15) is 18.0 Å². The fourth-order valence-electron chi connectivity index (χ4n) is 2.80. The second-order valence-corrected chi connectivity index (χ2v) is 7.13. The van der Waals surface area contributed by atoms with Crippen LogP contribution in [-0.4, -0.2) is 29.7 Å². The molecule has 1 aliphatic rings. The minimum absolute atomic E-state index is 0.0479. The van der Waals surface area contributed by atoms with Gasteiger partial charge in [-0.15, -0.1) is 0 Å². The number of likely N-dealkylation sites (tertiary alicyclic amines) is 1. The average Bonchev–Trinajstić information content (AvgIpc) is 2.70. The summed E-state index contributed by atoms with van der Waals surface area (Å²) in [7, 11) is 0. The van der Waals surface area contributed by atoms with Gasteiger partial charge in [0.05, 0.1) is 5.56 Å². The molecule has 2 rings (SSSR count). The lowest BCUT2D eigenvalue weighted by atomic mass is 9.88. The maximum atomic E-state index is 12.9. The first-order valence-corrected chi connectivity index (χ1v) is 10.9. The summed E-state index contributed by atoms with van der Waals surface area (Å²) in [5.74, 6) is -0.0479. The molecule has 1 aromatic carbocycles. The van der Waals surface area contributed by atoms with Crippen molar-refractivity contribution in [1.82, 2.24) is 4.90 Å². The van der Waals surface area contributed by atoms with Crippen molar-refractivity contribution in [3.05, 3.63) is 29.3 Å². The molecule has 7 heteroatoms. The Bertz CT molecular complexity index is 603. The second kappa shape index (κ2) is 14.1. The lowest BCUT2D eigenvalue weighted by molar-refractivity contribution is -0.137. The number of anilines is 1. The van der Waals surface area contributed by atoms with Gasteiger partial charge in [-0.05, 0) is 63.3 Å². The molecule has 0 aliphatic carbocycles. The van der Waals surface area contributed by atoms with E-state index in [1.165, 1.54) is 0 Å². The molecule has 1 fully saturated rings. The number of hydrogen-bond donors (Lipinski definition) is 1. The van der Waals surface area contributed by atoms with Crippen LogP contribution in [0.5, 0.6) is 0 Å². The van der Waals surface area contributed by atoms with E-state index in [-0.39, 0.29) is 17.7 Å². The van der Waals surface area contributed by atoms with Crippen molar-refractivity contribution >= 4 is 11.8 Å². The highest BCUT2D eigenvalue weighted by Gasteiger charge is 2.33. The van der Waals surface area contributed by atoms with Gasteiger partial charge in [-0.3, -0.25) is 0 Å². The largest absolute Gasteiger partial charge is 0.444 e. The normalized spacial score (nSPS) is 14.2. The average molecular weight is 435 g/mol. The Kier molecular flexibility index (Phi) is 14.3. The van der Waals surface area contributed by atoms with Crippen molar-refractivity contribution in [3.63, 3.8) is 0 Å². The van der Waals surface area contributed by atoms with Crippen LogP contribution in [0.15, 0.2) is 18.2 Å². The summed E-state index contributed by atoms with van der Waals surface area (Å²) in [5, 5.41) is 0. The standard InChI is InChI=1S/C17H23F3N2O2.3C2H6/c1-16(2,3)24-15(23)22-6-4-11(5-7-22)12-8-13(17(18,19)20)10-14(21)9-12;3*1-2/h8-11H,4-7,21H2,1-3H3;3*1-2H3. The number of carbonyl (C=O) groups excluding carboxylic acids is 1. The van der Waals surface area contributed by atoms with E-state index < -0.39 is 17.3 Å². The Balaban J connectivity index is 0. The van der Waals surface area contributed by atoms with Crippen LogP contribution in [0.4, 0.5) is 23.7 Å². The summed E-state index contributed by atoms with van der Waals surface area (Å²) in [6.45, 7) is 18.3. The van der Waals surface area contributed by atoms with Crippen LogP contribution in [0.1, 0.15) is 92.2 Å². The number of benzene rings is 1. The molecular weight excluding hydrogens is 393 g/mol. The Hall–Kier alpha value is -1.92. The molecule has 0 radical (unpaired) electrons. The zero-order chi connectivity index (χ0) is 24.1. The van der Waals surface area contributed by atoms with E-state index in [1.807, 2.05) is 41.5 Å². The maximum Gasteiger partial charge on any atom is 0.416 e. The van der Waals surface area contributed by atoms with Crippen LogP contribution < -0.4 is 5.73 Å². The fraction of sp³-hybridized carbons (Fsp3) is 0.696. The molecule has 0 saturated carbocycles. The summed E-state index contributed by atoms with van der Waals surface area (Å²) in [4.78, 5) is 13.6. The lowest BCUT2D eigenvalue weighted by Crippen LogP contribution is -2.41. The number of carbonyl (C=O) groups is 1. The summed E-state index contributed by atoms with van der Waals surface area (Å²) < 4.78 is 44.1. The van der Waals surface area contributed by atoms with Gasteiger partial charge in [-0.2, -0.15) is 13.2 Å². The number of amides is 1. The first kappa shape index (κ1) is 30.3. The Labute approximate surface area is 181 Å². The Morgan fingerprint density at radius 2 is 1.43 bits per heavy atom. The van der Waals surface area contributed by atoms with Gasteiger partial charge in [-0.1, -0.05) is 41.5 Å². The van der Waals surface area contributed by atoms with E-state index in [0.717, 1.165) is 12.1 Å². The molecule has 1 heterocycles. The highest BCUT2D eigenvalue weighted by Crippen LogP contribution is 2.36. The van der Waals surface area contributed by atoms with Gasteiger partial charge >= 0.3 is 12.3 Å². The summed E-state index contributed by atoms with van der Waals surface area (Å²) in [6.07, 6.45) is -3.63. The molecule has 0 bridgehead atoms. The van der Waals surface area contributed by atoms with Crippen LogP contribution in [0.25, 0.3) is 0 Å². The number of halogens is 3. The van der Waals surface area contributed by atoms with Crippen molar-refractivity contribution in [2.24, 2.45) is 0 Å². The van der Waals surface area contributed by atoms with Crippen LogP contribution in [0.3, 0.4) is 0 Å². The zero-order valence-electron chi connectivity index (χ0n) is 20.1. The predicted octanol–water partition coefficient (Wildman–Crippen LogP) is 7.48. The van der Waals surface area contributed by atoms with Gasteiger partial charge in [0.1, 0.15) is 5.60 Å². The second-order valence-electron chi connectivity index (χ2n) is 7.13. The number of ether oxygens (including phenoxy) is 1. The molecule has 1 aromatic rings. The van der Waals surface area contributed by atoms with Crippen molar-refractivity contribution in [2.75, 3.05) is 18.8 Å². The zero-order valence-corrected chi connectivity index (χ0v) is 20.1. The van der Waals surface area contributed by atoms with Crippen LogP contribution in [-0.2, 0) is 10.9 Å². The molecule has 0 aromatic heterocycles. The van der Waals surface area contributed by atoms with Gasteiger partial charge in [0.15, 0.2) is 0 Å². The number of rotatable bonds is 1. The molecule has 2 N–H and O–H groups in total. The van der Waals surface area contributed by atoms with E-state index in [0.29, 0.717) is 31.5 Å². The van der Waals surface area contributed by atoms with Gasteiger partial charge in [0.2, 0.25) is 0 Å². The molecule has 0 atom stereocenters. The van der Waals surface area contributed by atoms with E-state index in [2.05, 4.69) is 0 Å². The van der Waals surface area contributed by atoms with Crippen molar-refractivity contribution in [1.29, 1.82) is 0 Å². The van der Waals surface area contributed by atoms with Crippen molar-refractivity contribution in [3.8, 4) is 0 Å². The molecule has 176 valence electrons. The number of nitrogens with zero attached hydrogens (tertiary/aromatic N) is 1. The van der Waals surface area contributed by atoms with Crippen LogP contribution >= 0.6 is 0 Å². The molecule has 30 heavy (non-hydrogen) atoms. The molecular formula is C23H41F3N2O2. The van der Waals surface area contributed by atoms with Crippen LogP contribution in [0.2, 0.25) is 0 Å². The first-order chi connectivity index (χ1) is 14.0. The Morgan fingerprint density at radius 3 is 1.83 bits per heavy atom. The van der Waals surface area contributed by atoms with Crippen LogP contribution in [0, 0.1) is 0 Å². The summed E-state index contributed by atoms with van der Waals surface area (Å²) in [5.41, 5.74) is 5.01. The third-order valence-electron chi connectivity index (χ3n) is 3.92. The lowest BCUT2D eigenvalue weighted by Gasteiger charge is -2.33. The molecule has 4 nitrogen and oxygen atoms in total. The minimum atomic E-state index is -4.42. The summed E-state index contributed by atoms with van der Waals surface area (Å²) >= 11 is 0. The quantitative estimate of drug-likeness (QED) is 0.466. The number of alkyl halides is 3. The topological polar surface area (TPSA) is 55.6 Å². The van der Waals surface area contributed by atoms with Gasteiger partial charge in [0.25, 0.3) is 0 Å². The smallest absolute Gasteiger partial charge is 0.416 e.